The maximum Gasteiger partial charge on any atom is 0.259 e. The van der Waals surface area contributed by atoms with Crippen LogP contribution in [0.15, 0.2) is 36.4 Å². The molecular weight excluding hydrogens is 318 g/mol. The standard InChI is InChI=1S/C20H25NO4/c1-20(2,3)13-7-9-14(10-8-13)21-19(22)15-11-17(24-5)18(25-6)12-16(15)23-4/h7-12H,1-6H3,(H,21,22). The summed E-state index contributed by atoms with van der Waals surface area (Å²) < 4.78 is 15.8. The van der Waals surface area contributed by atoms with Crippen LogP contribution in [0.3, 0.4) is 0 Å². The number of hydrogen-bond donors (Lipinski definition) is 1. The molecule has 0 aliphatic heterocycles. The maximum absolute atomic E-state index is 12.7. The van der Waals surface area contributed by atoms with Crippen LogP contribution in [-0.4, -0.2) is 27.2 Å². The van der Waals surface area contributed by atoms with Gasteiger partial charge in [0, 0.05) is 17.8 Å². The van der Waals surface area contributed by atoms with Crippen LogP contribution >= 0.6 is 0 Å². The van der Waals surface area contributed by atoms with Gasteiger partial charge in [0.05, 0.1) is 26.9 Å². The van der Waals surface area contributed by atoms with E-state index in [9.17, 15) is 4.79 Å². The van der Waals surface area contributed by atoms with E-state index in [-0.39, 0.29) is 11.3 Å². The fraction of sp³-hybridized carbons (Fsp3) is 0.350. The molecule has 0 aromatic heterocycles. The Morgan fingerprint density at radius 3 is 1.84 bits per heavy atom. The van der Waals surface area contributed by atoms with Crippen molar-refractivity contribution in [2.75, 3.05) is 26.6 Å². The van der Waals surface area contributed by atoms with Crippen molar-refractivity contribution < 1.29 is 19.0 Å². The Bertz CT molecular complexity index is 746. The minimum Gasteiger partial charge on any atom is -0.496 e. The van der Waals surface area contributed by atoms with Crippen LogP contribution in [0.2, 0.25) is 0 Å². The zero-order valence-corrected chi connectivity index (χ0v) is 15.6. The summed E-state index contributed by atoms with van der Waals surface area (Å²) in [5, 5.41) is 2.89. The highest BCUT2D eigenvalue weighted by Gasteiger charge is 2.18. The van der Waals surface area contributed by atoms with E-state index in [1.165, 1.54) is 26.9 Å². The van der Waals surface area contributed by atoms with Crippen molar-refractivity contribution in [1.82, 2.24) is 0 Å². The quantitative estimate of drug-likeness (QED) is 0.881. The lowest BCUT2D eigenvalue weighted by Crippen LogP contribution is -2.14. The van der Waals surface area contributed by atoms with E-state index in [1.54, 1.807) is 12.1 Å². The fourth-order valence-electron chi connectivity index (χ4n) is 2.46. The minimum atomic E-state index is -0.277. The van der Waals surface area contributed by atoms with Gasteiger partial charge in [0.1, 0.15) is 5.75 Å². The topological polar surface area (TPSA) is 56.8 Å². The van der Waals surface area contributed by atoms with E-state index in [1.807, 2.05) is 24.3 Å². The first kappa shape index (κ1) is 18.6. The normalized spacial score (nSPS) is 11.0. The molecule has 0 unspecified atom stereocenters. The van der Waals surface area contributed by atoms with Gasteiger partial charge in [0.2, 0.25) is 0 Å². The van der Waals surface area contributed by atoms with Gasteiger partial charge in [0.15, 0.2) is 11.5 Å². The van der Waals surface area contributed by atoms with Crippen LogP contribution in [-0.2, 0) is 5.41 Å². The number of benzene rings is 2. The molecule has 2 aromatic rings. The minimum absolute atomic E-state index is 0.0646. The van der Waals surface area contributed by atoms with Crippen molar-refractivity contribution in [1.29, 1.82) is 0 Å². The predicted molar refractivity (Wildman–Crippen MR) is 99.2 cm³/mol. The molecule has 25 heavy (non-hydrogen) atoms. The molecule has 0 saturated heterocycles. The van der Waals surface area contributed by atoms with Gasteiger partial charge in [-0.15, -0.1) is 0 Å². The summed E-state index contributed by atoms with van der Waals surface area (Å²) in [4.78, 5) is 12.7. The molecule has 0 saturated carbocycles. The summed E-state index contributed by atoms with van der Waals surface area (Å²) >= 11 is 0. The van der Waals surface area contributed by atoms with Crippen molar-refractivity contribution in [2.45, 2.75) is 26.2 Å². The lowest BCUT2D eigenvalue weighted by atomic mass is 9.87. The van der Waals surface area contributed by atoms with Gasteiger partial charge in [-0.2, -0.15) is 0 Å². The molecule has 0 aliphatic rings. The van der Waals surface area contributed by atoms with Crippen LogP contribution in [0.5, 0.6) is 17.2 Å². The van der Waals surface area contributed by atoms with Gasteiger partial charge >= 0.3 is 0 Å². The highest BCUT2D eigenvalue weighted by Crippen LogP contribution is 2.35. The number of rotatable bonds is 5. The zero-order chi connectivity index (χ0) is 18.6. The number of hydrogen-bond acceptors (Lipinski definition) is 4. The molecule has 5 heteroatoms. The lowest BCUT2D eigenvalue weighted by Gasteiger charge is -2.19. The van der Waals surface area contributed by atoms with E-state index in [4.69, 9.17) is 14.2 Å². The smallest absolute Gasteiger partial charge is 0.259 e. The summed E-state index contributed by atoms with van der Waals surface area (Å²) in [6.07, 6.45) is 0. The number of amides is 1. The van der Waals surface area contributed by atoms with Crippen LogP contribution in [0.25, 0.3) is 0 Å². The van der Waals surface area contributed by atoms with E-state index >= 15 is 0 Å². The number of carbonyl (C=O) groups excluding carboxylic acids is 1. The van der Waals surface area contributed by atoms with Crippen molar-refractivity contribution in [2.24, 2.45) is 0 Å². The average molecular weight is 343 g/mol. The first-order valence-corrected chi connectivity index (χ1v) is 8.02. The van der Waals surface area contributed by atoms with Gasteiger partial charge in [-0.1, -0.05) is 32.9 Å². The van der Waals surface area contributed by atoms with E-state index < -0.39 is 0 Å². The summed E-state index contributed by atoms with van der Waals surface area (Å²) in [5.74, 6) is 1.12. The van der Waals surface area contributed by atoms with E-state index in [0.717, 1.165) is 5.69 Å². The third kappa shape index (κ3) is 4.24. The number of carbonyl (C=O) groups is 1. The molecule has 1 amide bonds. The largest absolute Gasteiger partial charge is 0.496 e. The Kier molecular flexibility index (Phi) is 5.57. The first-order chi connectivity index (χ1) is 11.8. The van der Waals surface area contributed by atoms with Gasteiger partial charge in [-0.3, -0.25) is 4.79 Å². The van der Waals surface area contributed by atoms with Crippen LogP contribution in [0.4, 0.5) is 5.69 Å². The first-order valence-electron chi connectivity index (χ1n) is 8.02. The van der Waals surface area contributed by atoms with Crippen molar-refractivity contribution in [3.8, 4) is 17.2 Å². The lowest BCUT2D eigenvalue weighted by molar-refractivity contribution is 0.102. The Balaban J connectivity index is 2.28. The highest BCUT2D eigenvalue weighted by atomic mass is 16.5. The summed E-state index contributed by atoms with van der Waals surface area (Å²) in [6, 6.07) is 11.1. The van der Waals surface area contributed by atoms with Gasteiger partial charge < -0.3 is 19.5 Å². The zero-order valence-electron chi connectivity index (χ0n) is 15.6. The van der Waals surface area contributed by atoms with Crippen molar-refractivity contribution in [3.05, 3.63) is 47.5 Å². The number of methoxy groups -OCH3 is 3. The molecule has 2 rings (SSSR count). The molecule has 2 aromatic carbocycles. The van der Waals surface area contributed by atoms with E-state index in [0.29, 0.717) is 22.8 Å². The maximum atomic E-state index is 12.7. The van der Waals surface area contributed by atoms with Crippen LogP contribution < -0.4 is 19.5 Å². The highest BCUT2D eigenvalue weighted by molar-refractivity contribution is 6.06. The second-order valence-electron chi connectivity index (χ2n) is 6.69. The predicted octanol–water partition coefficient (Wildman–Crippen LogP) is 4.26. The summed E-state index contributed by atoms with van der Waals surface area (Å²) in [6.45, 7) is 6.44. The summed E-state index contributed by atoms with van der Waals surface area (Å²) in [5.41, 5.74) is 2.36. The average Bonchev–Trinajstić information content (AvgIpc) is 2.60. The molecule has 0 bridgehead atoms. The Labute approximate surface area is 148 Å². The molecule has 0 radical (unpaired) electrons. The third-order valence-corrected chi connectivity index (χ3v) is 3.96. The Hall–Kier alpha value is -2.69. The third-order valence-electron chi connectivity index (χ3n) is 3.96. The molecule has 0 spiro atoms. The second kappa shape index (κ2) is 7.47. The fourth-order valence-corrected chi connectivity index (χ4v) is 2.46. The molecule has 1 N–H and O–H groups in total. The molecule has 0 fully saturated rings. The van der Waals surface area contributed by atoms with Crippen molar-refractivity contribution in [3.63, 3.8) is 0 Å². The summed E-state index contributed by atoms with van der Waals surface area (Å²) in [7, 11) is 4.57. The van der Waals surface area contributed by atoms with Gasteiger partial charge in [0.25, 0.3) is 5.91 Å². The van der Waals surface area contributed by atoms with E-state index in [2.05, 4.69) is 26.1 Å². The van der Waals surface area contributed by atoms with Crippen LogP contribution in [0.1, 0.15) is 36.7 Å². The molecule has 5 nitrogen and oxygen atoms in total. The molecule has 0 atom stereocenters. The monoisotopic (exact) mass is 343 g/mol. The second-order valence-corrected chi connectivity index (χ2v) is 6.69. The Morgan fingerprint density at radius 2 is 1.36 bits per heavy atom. The van der Waals surface area contributed by atoms with Gasteiger partial charge in [-0.05, 0) is 23.1 Å². The van der Waals surface area contributed by atoms with Crippen LogP contribution in [0, 0.1) is 0 Å². The van der Waals surface area contributed by atoms with Crippen molar-refractivity contribution >= 4 is 11.6 Å². The van der Waals surface area contributed by atoms with Gasteiger partial charge in [-0.25, -0.2) is 0 Å². The number of ether oxygens (including phenoxy) is 3. The molecule has 0 heterocycles. The number of anilines is 1. The molecular formula is C20H25NO4. The molecule has 134 valence electrons. The SMILES string of the molecule is COc1cc(OC)c(C(=O)Nc2ccc(C(C)(C)C)cc2)cc1OC. The molecule has 0 aliphatic carbocycles. The Morgan fingerprint density at radius 1 is 0.840 bits per heavy atom. The number of nitrogens with one attached hydrogen (secondary N) is 1.